The van der Waals surface area contributed by atoms with Gasteiger partial charge in [-0.25, -0.2) is 0 Å². The first kappa shape index (κ1) is 14.2. The summed E-state index contributed by atoms with van der Waals surface area (Å²) in [6.07, 6.45) is 0. The van der Waals surface area contributed by atoms with Crippen molar-refractivity contribution < 1.29 is 13.7 Å². The molecule has 3 aromatic rings. The first-order valence-corrected chi connectivity index (χ1v) is 6.90. The number of aryl methyl sites for hydroxylation is 1. The van der Waals surface area contributed by atoms with Crippen molar-refractivity contribution in [1.82, 2.24) is 10.1 Å². The molecule has 0 aliphatic carbocycles. The fourth-order valence-corrected chi connectivity index (χ4v) is 2.12. The van der Waals surface area contributed by atoms with Gasteiger partial charge in [-0.2, -0.15) is 4.98 Å². The summed E-state index contributed by atoms with van der Waals surface area (Å²) in [6, 6.07) is 11.8. The van der Waals surface area contributed by atoms with Crippen LogP contribution in [-0.2, 0) is 6.54 Å². The van der Waals surface area contributed by atoms with Gasteiger partial charge in [-0.3, -0.25) is 0 Å². The molecular formula is C16H17N3O3. The average Bonchev–Trinajstić information content (AvgIpc) is 3.16. The minimum Gasteiger partial charge on any atom is -0.497 e. The van der Waals surface area contributed by atoms with Crippen LogP contribution in [0, 0.1) is 6.92 Å². The summed E-state index contributed by atoms with van der Waals surface area (Å²) < 4.78 is 16.1. The lowest BCUT2D eigenvalue weighted by Gasteiger charge is -2.10. The third-order valence-electron chi connectivity index (χ3n) is 3.26. The summed E-state index contributed by atoms with van der Waals surface area (Å²) in [5.41, 5.74) is 0.844. The van der Waals surface area contributed by atoms with E-state index in [2.05, 4.69) is 10.1 Å². The maximum Gasteiger partial charge on any atom is 0.324 e. The summed E-state index contributed by atoms with van der Waals surface area (Å²) in [7, 11) is 3.50. The molecule has 0 aliphatic heterocycles. The molecule has 0 atom stereocenters. The van der Waals surface area contributed by atoms with Gasteiger partial charge in [0, 0.05) is 12.6 Å². The fourth-order valence-electron chi connectivity index (χ4n) is 2.12. The van der Waals surface area contributed by atoms with E-state index in [1.807, 2.05) is 55.3 Å². The van der Waals surface area contributed by atoms with E-state index < -0.39 is 0 Å². The molecule has 0 bridgehead atoms. The van der Waals surface area contributed by atoms with Crippen LogP contribution in [-0.4, -0.2) is 24.3 Å². The highest BCUT2D eigenvalue weighted by Gasteiger charge is 2.14. The smallest absolute Gasteiger partial charge is 0.324 e. The van der Waals surface area contributed by atoms with E-state index >= 15 is 0 Å². The van der Waals surface area contributed by atoms with Gasteiger partial charge in [0.25, 0.3) is 0 Å². The van der Waals surface area contributed by atoms with Crippen LogP contribution in [0.4, 0.5) is 6.01 Å². The Bertz CT molecular complexity index is 763. The van der Waals surface area contributed by atoms with E-state index in [4.69, 9.17) is 13.7 Å². The van der Waals surface area contributed by atoms with Crippen LogP contribution in [0.15, 0.2) is 45.3 Å². The summed E-state index contributed by atoms with van der Waals surface area (Å²) in [5.74, 6) is 3.01. The maximum absolute atomic E-state index is 5.55. The lowest BCUT2D eigenvalue weighted by molar-refractivity contribution is 0.409. The van der Waals surface area contributed by atoms with Crippen molar-refractivity contribution >= 4 is 6.01 Å². The number of rotatable bonds is 5. The number of anilines is 1. The van der Waals surface area contributed by atoms with Gasteiger partial charge in [0.15, 0.2) is 0 Å². The Labute approximate surface area is 128 Å². The molecule has 0 unspecified atom stereocenters. The number of methoxy groups -OCH3 is 1. The molecule has 3 rings (SSSR count). The second kappa shape index (κ2) is 5.93. The first-order chi connectivity index (χ1) is 10.7. The number of furan rings is 1. The molecule has 0 saturated carbocycles. The standard InChI is InChI=1S/C16H17N3O3/c1-11-7-8-14(21-11)10-19(2)16-17-15(18-22-16)12-5-4-6-13(9-12)20-3/h4-9H,10H2,1-3H3. The molecule has 0 fully saturated rings. The summed E-state index contributed by atoms with van der Waals surface area (Å²) in [5, 5.41) is 4.02. The monoisotopic (exact) mass is 299 g/mol. The van der Waals surface area contributed by atoms with E-state index in [9.17, 15) is 0 Å². The van der Waals surface area contributed by atoms with Gasteiger partial charge < -0.3 is 18.6 Å². The Morgan fingerprint density at radius 1 is 1.23 bits per heavy atom. The number of hydrogen-bond donors (Lipinski definition) is 0. The number of nitrogens with zero attached hydrogens (tertiary/aromatic N) is 3. The zero-order chi connectivity index (χ0) is 15.5. The first-order valence-electron chi connectivity index (χ1n) is 6.90. The van der Waals surface area contributed by atoms with Gasteiger partial charge in [0.2, 0.25) is 5.82 Å². The molecule has 22 heavy (non-hydrogen) atoms. The van der Waals surface area contributed by atoms with Crippen LogP contribution in [0.3, 0.4) is 0 Å². The van der Waals surface area contributed by atoms with Crippen LogP contribution < -0.4 is 9.64 Å². The highest BCUT2D eigenvalue weighted by molar-refractivity contribution is 5.58. The third kappa shape index (κ3) is 2.95. The Morgan fingerprint density at radius 2 is 2.09 bits per heavy atom. The molecule has 114 valence electrons. The van der Waals surface area contributed by atoms with E-state index in [0.717, 1.165) is 22.8 Å². The Kier molecular flexibility index (Phi) is 3.82. The summed E-state index contributed by atoms with van der Waals surface area (Å²) in [4.78, 5) is 6.25. The quantitative estimate of drug-likeness (QED) is 0.720. The summed E-state index contributed by atoms with van der Waals surface area (Å²) in [6.45, 7) is 2.48. The topological polar surface area (TPSA) is 64.5 Å². The van der Waals surface area contributed by atoms with Crippen molar-refractivity contribution in [3.8, 4) is 17.1 Å². The zero-order valence-electron chi connectivity index (χ0n) is 12.7. The van der Waals surface area contributed by atoms with Crippen molar-refractivity contribution in [2.24, 2.45) is 0 Å². The van der Waals surface area contributed by atoms with E-state index in [1.54, 1.807) is 7.11 Å². The van der Waals surface area contributed by atoms with Crippen molar-refractivity contribution in [2.45, 2.75) is 13.5 Å². The minimum atomic E-state index is 0.437. The molecule has 0 aliphatic rings. The molecule has 6 nitrogen and oxygen atoms in total. The van der Waals surface area contributed by atoms with E-state index in [-0.39, 0.29) is 0 Å². The second-order valence-corrected chi connectivity index (χ2v) is 5.00. The Balaban J connectivity index is 1.77. The molecule has 0 amide bonds. The largest absolute Gasteiger partial charge is 0.497 e. The van der Waals surface area contributed by atoms with E-state index in [1.165, 1.54) is 0 Å². The third-order valence-corrected chi connectivity index (χ3v) is 3.26. The maximum atomic E-state index is 5.55. The number of hydrogen-bond acceptors (Lipinski definition) is 6. The number of benzene rings is 1. The molecule has 0 saturated heterocycles. The van der Waals surface area contributed by atoms with Gasteiger partial charge in [0.1, 0.15) is 17.3 Å². The van der Waals surface area contributed by atoms with Crippen molar-refractivity contribution in [3.05, 3.63) is 47.9 Å². The van der Waals surface area contributed by atoms with Gasteiger partial charge in [-0.05, 0) is 31.2 Å². The van der Waals surface area contributed by atoms with Gasteiger partial charge in [-0.1, -0.05) is 17.3 Å². The summed E-state index contributed by atoms with van der Waals surface area (Å²) >= 11 is 0. The molecule has 6 heteroatoms. The minimum absolute atomic E-state index is 0.437. The van der Waals surface area contributed by atoms with Crippen LogP contribution >= 0.6 is 0 Å². The fraction of sp³-hybridized carbons (Fsp3) is 0.250. The highest BCUT2D eigenvalue weighted by atomic mass is 16.5. The lowest BCUT2D eigenvalue weighted by Crippen LogP contribution is -2.16. The SMILES string of the molecule is COc1cccc(-c2noc(N(C)Cc3ccc(C)o3)n2)c1. The average molecular weight is 299 g/mol. The van der Waals surface area contributed by atoms with Crippen molar-refractivity contribution in [3.63, 3.8) is 0 Å². The predicted molar refractivity (Wildman–Crippen MR) is 81.8 cm³/mol. The lowest BCUT2D eigenvalue weighted by atomic mass is 10.2. The van der Waals surface area contributed by atoms with Crippen LogP contribution in [0.25, 0.3) is 11.4 Å². The normalized spacial score (nSPS) is 10.7. The molecule has 1 aromatic carbocycles. The number of ether oxygens (including phenoxy) is 1. The molecule has 0 N–H and O–H groups in total. The van der Waals surface area contributed by atoms with Crippen molar-refractivity contribution in [1.29, 1.82) is 0 Å². The van der Waals surface area contributed by atoms with Gasteiger partial charge in [0.05, 0.1) is 13.7 Å². The predicted octanol–water partition coefficient (Wildman–Crippen LogP) is 3.28. The molecule has 2 heterocycles. The zero-order valence-corrected chi connectivity index (χ0v) is 12.7. The van der Waals surface area contributed by atoms with Gasteiger partial charge in [-0.15, -0.1) is 0 Å². The molecule has 0 radical (unpaired) electrons. The molecular weight excluding hydrogens is 282 g/mol. The Hall–Kier alpha value is -2.76. The second-order valence-electron chi connectivity index (χ2n) is 5.00. The van der Waals surface area contributed by atoms with Crippen LogP contribution in [0.1, 0.15) is 11.5 Å². The Morgan fingerprint density at radius 3 is 2.82 bits per heavy atom. The van der Waals surface area contributed by atoms with Crippen LogP contribution in [0.5, 0.6) is 5.75 Å². The highest BCUT2D eigenvalue weighted by Crippen LogP contribution is 2.23. The van der Waals surface area contributed by atoms with Gasteiger partial charge >= 0.3 is 6.01 Å². The number of aromatic nitrogens is 2. The molecule has 2 aromatic heterocycles. The molecule has 0 spiro atoms. The van der Waals surface area contributed by atoms with Crippen LogP contribution in [0.2, 0.25) is 0 Å². The van der Waals surface area contributed by atoms with E-state index in [0.29, 0.717) is 18.4 Å². The van der Waals surface area contributed by atoms with Crippen molar-refractivity contribution in [2.75, 3.05) is 19.1 Å².